The van der Waals surface area contributed by atoms with Gasteiger partial charge in [-0.3, -0.25) is 4.79 Å². The molecule has 0 saturated heterocycles. The quantitative estimate of drug-likeness (QED) is 0.0993. The normalized spacial score (nSPS) is 11.2. The molecule has 1 aromatic carbocycles. The fraction of sp³-hybridized carbons (Fsp3) is 0.759. The molecule has 39 heavy (non-hydrogen) atoms. The van der Waals surface area contributed by atoms with Gasteiger partial charge in [0, 0.05) is 12.2 Å². The molecule has 0 amide bonds. The van der Waals surface area contributed by atoms with E-state index in [2.05, 4.69) is 6.92 Å². The first-order valence-electron chi connectivity index (χ1n) is 14.2. The highest BCUT2D eigenvalue weighted by molar-refractivity contribution is 5.74. The summed E-state index contributed by atoms with van der Waals surface area (Å²) in [6.45, 7) is 11.4. The maximum atomic E-state index is 10.6. The van der Waals surface area contributed by atoms with E-state index in [9.17, 15) is 4.79 Å². The number of aldehydes is 1. The van der Waals surface area contributed by atoms with Crippen molar-refractivity contribution in [2.45, 2.75) is 32.6 Å². The van der Waals surface area contributed by atoms with Crippen LogP contribution in [0.2, 0.25) is 0 Å². The minimum Gasteiger partial charge on any atom is -0.491 e. The van der Waals surface area contributed by atoms with Gasteiger partial charge in [-0.25, -0.2) is 0 Å². The fourth-order valence-corrected chi connectivity index (χ4v) is 3.13. The van der Waals surface area contributed by atoms with Gasteiger partial charge in [-0.05, 0) is 30.7 Å². The standard InChI is InChI=1S/C29H50O10/c1-2-3-4-5-10-31-11-12-32-13-14-33-15-16-34-17-18-35-19-20-36-21-22-37-23-24-38-25-26-39-29-8-6-28(27-30)7-9-29/h6-9,27H,2-5,10-26H2,1H3. The third-order valence-corrected chi connectivity index (χ3v) is 5.26. The van der Waals surface area contributed by atoms with E-state index in [1.54, 1.807) is 24.3 Å². The number of hydrogen-bond acceptors (Lipinski definition) is 10. The van der Waals surface area contributed by atoms with Crippen LogP contribution in [0.3, 0.4) is 0 Å². The van der Waals surface area contributed by atoms with Gasteiger partial charge in [0.25, 0.3) is 0 Å². The zero-order chi connectivity index (χ0) is 27.9. The topological polar surface area (TPSA) is 100 Å². The first kappa shape index (κ1) is 35.4. The van der Waals surface area contributed by atoms with E-state index in [4.69, 9.17) is 42.6 Å². The minimum absolute atomic E-state index is 0.438. The summed E-state index contributed by atoms with van der Waals surface area (Å²) in [6.07, 6.45) is 5.69. The zero-order valence-electron chi connectivity index (χ0n) is 23.8. The molecule has 0 N–H and O–H groups in total. The monoisotopic (exact) mass is 558 g/mol. The smallest absolute Gasteiger partial charge is 0.150 e. The van der Waals surface area contributed by atoms with Gasteiger partial charge in [0.2, 0.25) is 0 Å². The van der Waals surface area contributed by atoms with Crippen molar-refractivity contribution in [2.75, 3.05) is 112 Å². The Morgan fingerprint density at radius 2 is 0.821 bits per heavy atom. The lowest BCUT2D eigenvalue weighted by Gasteiger charge is -2.09. The highest BCUT2D eigenvalue weighted by Gasteiger charge is 1.97. The Hall–Kier alpha value is -1.63. The molecule has 226 valence electrons. The van der Waals surface area contributed by atoms with Crippen LogP contribution in [0.1, 0.15) is 43.0 Å². The molecule has 0 saturated carbocycles. The Bertz CT molecular complexity index is 629. The molecular formula is C29H50O10. The van der Waals surface area contributed by atoms with E-state index in [1.807, 2.05) is 0 Å². The van der Waals surface area contributed by atoms with E-state index >= 15 is 0 Å². The number of ether oxygens (including phenoxy) is 9. The SMILES string of the molecule is CCCCCCOCCOCCOCCOCCOCCOCCOCCOCCOc1ccc(C=O)cc1. The first-order valence-corrected chi connectivity index (χ1v) is 14.2. The van der Waals surface area contributed by atoms with Crippen LogP contribution >= 0.6 is 0 Å². The summed E-state index contributed by atoms with van der Waals surface area (Å²) in [5, 5.41) is 0. The van der Waals surface area contributed by atoms with Crippen LogP contribution in [0.15, 0.2) is 24.3 Å². The van der Waals surface area contributed by atoms with E-state index in [0.29, 0.717) is 117 Å². The Morgan fingerprint density at radius 1 is 0.462 bits per heavy atom. The first-order chi connectivity index (χ1) is 19.4. The largest absolute Gasteiger partial charge is 0.491 e. The van der Waals surface area contributed by atoms with E-state index < -0.39 is 0 Å². The highest BCUT2D eigenvalue weighted by Crippen LogP contribution is 2.10. The Kier molecular flexibility index (Phi) is 26.6. The molecule has 0 spiro atoms. The average Bonchev–Trinajstić information content (AvgIpc) is 2.96. The van der Waals surface area contributed by atoms with Crippen molar-refractivity contribution in [3.8, 4) is 5.75 Å². The van der Waals surface area contributed by atoms with Gasteiger partial charge in [0.1, 0.15) is 18.6 Å². The van der Waals surface area contributed by atoms with E-state index in [0.717, 1.165) is 19.3 Å². The summed E-state index contributed by atoms with van der Waals surface area (Å²) in [5.41, 5.74) is 0.623. The zero-order valence-corrected chi connectivity index (χ0v) is 23.8. The van der Waals surface area contributed by atoms with Crippen molar-refractivity contribution in [3.05, 3.63) is 29.8 Å². The lowest BCUT2D eigenvalue weighted by atomic mass is 10.2. The number of rotatable bonds is 31. The summed E-state index contributed by atoms with van der Waals surface area (Å²) in [7, 11) is 0. The summed E-state index contributed by atoms with van der Waals surface area (Å²) in [6, 6.07) is 6.95. The van der Waals surface area contributed by atoms with Gasteiger partial charge in [-0.1, -0.05) is 26.2 Å². The van der Waals surface area contributed by atoms with Crippen LogP contribution in [0, 0.1) is 0 Å². The van der Waals surface area contributed by atoms with E-state index in [-0.39, 0.29) is 0 Å². The number of benzene rings is 1. The molecule has 0 fully saturated rings. The number of carbonyl (C=O) groups excluding carboxylic acids is 1. The van der Waals surface area contributed by atoms with Gasteiger partial charge in [-0.15, -0.1) is 0 Å². The fourth-order valence-electron chi connectivity index (χ4n) is 3.13. The summed E-state index contributed by atoms with van der Waals surface area (Å²) in [4.78, 5) is 10.6. The Labute approximate surface area is 234 Å². The molecule has 10 heteroatoms. The van der Waals surface area contributed by atoms with Crippen LogP contribution < -0.4 is 4.74 Å². The maximum Gasteiger partial charge on any atom is 0.150 e. The molecular weight excluding hydrogens is 508 g/mol. The van der Waals surface area contributed by atoms with Crippen molar-refractivity contribution >= 4 is 6.29 Å². The number of hydrogen-bond donors (Lipinski definition) is 0. The number of unbranched alkanes of at least 4 members (excludes halogenated alkanes) is 3. The third-order valence-electron chi connectivity index (χ3n) is 5.26. The molecule has 10 nitrogen and oxygen atoms in total. The van der Waals surface area contributed by atoms with Gasteiger partial charge >= 0.3 is 0 Å². The average molecular weight is 559 g/mol. The van der Waals surface area contributed by atoms with Crippen LogP contribution in [-0.2, 0) is 37.9 Å². The maximum absolute atomic E-state index is 10.6. The molecule has 0 unspecified atom stereocenters. The number of carbonyl (C=O) groups is 1. The molecule has 0 heterocycles. The molecule has 0 aromatic heterocycles. The Balaban J connectivity index is 1.66. The molecule has 0 bridgehead atoms. The molecule has 0 aliphatic rings. The minimum atomic E-state index is 0.438. The van der Waals surface area contributed by atoms with Crippen LogP contribution in [-0.4, -0.2) is 119 Å². The van der Waals surface area contributed by atoms with Gasteiger partial charge in [-0.2, -0.15) is 0 Å². The second-order valence-corrected chi connectivity index (χ2v) is 8.49. The predicted octanol–water partition coefficient (Wildman–Crippen LogP) is 3.59. The van der Waals surface area contributed by atoms with Crippen molar-refractivity contribution in [1.82, 2.24) is 0 Å². The van der Waals surface area contributed by atoms with Crippen molar-refractivity contribution in [3.63, 3.8) is 0 Å². The molecule has 0 aliphatic carbocycles. The second-order valence-electron chi connectivity index (χ2n) is 8.49. The van der Waals surface area contributed by atoms with Crippen LogP contribution in [0.25, 0.3) is 0 Å². The van der Waals surface area contributed by atoms with Crippen molar-refractivity contribution < 1.29 is 47.4 Å². The summed E-state index contributed by atoms with van der Waals surface area (Å²) >= 11 is 0. The van der Waals surface area contributed by atoms with Crippen molar-refractivity contribution in [1.29, 1.82) is 0 Å². The van der Waals surface area contributed by atoms with Gasteiger partial charge in [0.15, 0.2) is 0 Å². The van der Waals surface area contributed by atoms with Crippen LogP contribution in [0.4, 0.5) is 0 Å². The van der Waals surface area contributed by atoms with Crippen molar-refractivity contribution in [2.24, 2.45) is 0 Å². The molecule has 0 aliphatic heterocycles. The van der Waals surface area contributed by atoms with E-state index in [1.165, 1.54) is 19.3 Å². The molecule has 1 rings (SSSR count). The lowest BCUT2D eigenvalue weighted by molar-refractivity contribution is -0.0236. The summed E-state index contributed by atoms with van der Waals surface area (Å²) in [5.74, 6) is 0.710. The Morgan fingerprint density at radius 3 is 1.18 bits per heavy atom. The van der Waals surface area contributed by atoms with Gasteiger partial charge < -0.3 is 42.6 Å². The predicted molar refractivity (Wildman–Crippen MR) is 148 cm³/mol. The third kappa shape index (κ3) is 25.1. The van der Waals surface area contributed by atoms with Gasteiger partial charge in [0.05, 0.1) is 99.1 Å². The second kappa shape index (κ2) is 29.4. The summed E-state index contributed by atoms with van der Waals surface area (Å²) < 4.78 is 49.3. The van der Waals surface area contributed by atoms with Crippen LogP contribution in [0.5, 0.6) is 5.75 Å². The lowest BCUT2D eigenvalue weighted by Crippen LogP contribution is -2.15. The molecule has 1 aromatic rings. The molecule has 0 radical (unpaired) electrons. The molecule has 0 atom stereocenters. The highest BCUT2D eigenvalue weighted by atomic mass is 16.6.